The summed E-state index contributed by atoms with van der Waals surface area (Å²) in [6.07, 6.45) is -0.234. The van der Waals surface area contributed by atoms with E-state index in [4.69, 9.17) is 0 Å². The second kappa shape index (κ2) is 8.17. The quantitative estimate of drug-likeness (QED) is 0.561. The molecule has 10 heteroatoms. The number of methoxy groups -OCH3 is 1. The molecule has 1 aromatic heterocycles. The number of anilines is 1. The fraction of sp³-hybridized carbons (Fsp3) is 0.278. The van der Waals surface area contributed by atoms with Gasteiger partial charge in [-0.3, -0.25) is 14.5 Å². The van der Waals surface area contributed by atoms with Gasteiger partial charge in [0.2, 0.25) is 5.91 Å². The summed E-state index contributed by atoms with van der Waals surface area (Å²) in [5, 5.41) is 5.29. The van der Waals surface area contributed by atoms with Crippen LogP contribution in [0.25, 0.3) is 0 Å². The number of urea groups is 1. The molecule has 9 nitrogen and oxygen atoms in total. The lowest BCUT2D eigenvalue weighted by Gasteiger charge is -2.12. The van der Waals surface area contributed by atoms with Gasteiger partial charge in [-0.2, -0.15) is 0 Å². The number of imide groups is 1. The van der Waals surface area contributed by atoms with E-state index in [1.807, 2.05) is 30.3 Å². The van der Waals surface area contributed by atoms with E-state index in [0.717, 1.165) is 21.8 Å². The Balaban J connectivity index is 1.61. The van der Waals surface area contributed by atoms with Crippen LogP contribution >= 0.6 is 11.3 Å². The first-order valence-corrected chi connectivity index (χ1v) is 9.22. The lowest BCUT2D eigenvalue weighted by Crippen LogP contribution is -2.34. The molecule has 0 bridgehead atoms. The van der Waals surface area contributed by atoms with E-state index < -0.39 is 29.9 Å². The van der Waals surface area contributed by atoms with Gasteiger partial charge in [-0.25, -0.2) is 14.6 Å². The molecule has 1 aliphatic heterocycles. The molecule has 2 N–H and O–H groups in total. The molecular formula is C18H18N4O5S. The van der Waals surface area contributed by atoms with Crippen LogP contribution in [0.15, 0.2) is 30.3 Å². The molecule has 1 aromatic carbocycles. The summed E-state index contributed by atoms with van der Waals surface area (Å²) >= 11 is 1.12. The topological polar surface area (TPSA) is 118 Å². The van der Waals surface area contributed by atoms with Crippen molar-refractivity contribution in [3.8, 4) is 0 Å². The first-order chi connectivity index (χ1) is 13.4. The van der Waals surface area contributed by atoms with Crippen LogP contribution in [-0.4, -0.2) is 46.9 Å². The standard InChI is InChI=1S/C18H18N4O5S/c1-10-14(16(25)27-2)21-17(28-10)20-13(23)8-12-15(24)22(18(26)19-12)9-11-6-4-3-5-7-11/h3-7,12H,8-9H2,1-2H3,(H,19,26)(H,20,21,23)/t12-/m0/s1. The maximum atomic E-state index is 12.5. The van der Waals surface area contributed by atoms with Gasteiger partial charge in [0.15, 0.2) is 10.8 Å². The number of rotatable bonds is 6. The van der Waals surface area contributed by atoms with Gasteiger partial charge >= 0.3 is 12.0 Å². The number of nitrogens with one attached hydrogen (secondary N) is 2. The molecule has 0 radical (unpaired) electrons. The fourth-order valence-corrected chi connectivity index (χ4v) is 3.54. The van der Waals surface area contributed by atoms with Gasteiger partial charge in [0.25, 0.3) is 5.91 Å². The molecule has 1 saturated heterocycles. The Morgan fingerprint density at radius 2 is 2.00 bits per heavy atom. The summed E-state index contributed by atoms with van der Waals surface area (Å²) in [5.41, 5.74) is 0.937. The van der Waals surface area contributed by atoms with E-state index in [1.54, 1.807) is 6.92 Å². The Bertz CT molecular complexity index is 927. The number of amides is 4. The Kier molecular flexibility index (Phi) is 5.69. The molecule has 2 aromatic rings. The van der Waals surface area contributed by atoms with Crippen LogP contribution in [-0.2, 0) is 20.9 Å². The van der Waals surface area contributed by atoms with Crippen LogP contribution < -0.4 is 10.6 Å². The molecule has 1 fully saturated rings. The monoisotopic (exact) mass is 402 g/mol. The summed E-state index contributed by atoms with van der Waals surface area (Å²) in [7, 11) is 1.24. The van der Waals surface area contributed by atoms with Crippen molar-refractivity contribution < 1.29 is 23.9 Å². The molecule has 2 heterocycles. The fourth-order valence-electron chi connectivity index (χ4n) is 2.72. The third-order valence-corrected chi connectivity index (χ3v) is 4.99. The van der Waals surface area contributed by atoms with Crippen molar-refractivity contribution in [1.82, 2.24) is 15.2 Å². The Morgan fingerprint density at radius 1 is 1.29 bits per heavy atom. The molecule has 0 unspecified atom stereocenters. The molecule has 4 amide bonds. The Hall–Kier alpha value is -3.27. The zero-order chi connectivity index (χ0) is 20.3. The molecule has 0 saturated carbocycles. The number of thiazole rings is 1. The van der Waals surface area contributed by atoms with Crippen molar-refractivity contribution in [3.05, 3.63) is 46.5 Å². The average molecular weight is 402 g/mol. The van der Waals surface area contributed by atoms with Gasteiger partial charge in [-0.15, -0.1) is 11.3 Å². The smallest absolute Gasteiger partial charge is 0.357 e. The SMILES string of the molecule is COC(=O)c1nc(NC(=O)C[C@@H]2NC(=O)N(Cc3ccccc3)C2=O)sc1C. The summed E-state index contributed by atoms with van der Waals surface area (Å²) in [5.74, 6) is -1.55. The predicted molar refractivity (Wildman–Crippen MR) is 101 cm³/mol. The number of ether oxygens (including phenoxy) is 1. The van der Waals surface area contributed by atoms with Crippen LogP contribution in [0.3, 0.4) is 0 Å². The first-order valence-electron chi connectivity index (χ1n) is 8.40. The van der Waals surface area contributed by atoms with Crippen LogP contribution in [0.4, 0.5) is 9.93 Å². The van der Waals surface area contributed by atoms with Crippen LogP contribution in [0.5, 0.6) is 0 Å². The van der Waals surface area contributed by atoms with E-state index in [-0.39, 0.29) is 23.8 Å². The number of carbonyl (C=O) groups excluding carboxylic acids is 4. The van der Waals surface area contributed by atoms with E-state index in [1.165, 1.54) is 7.11 Å². The third-order valence-electron chi connectivity index (χ3n) is 4.10. The van der Waals surface area contributed by atoms with Crippen molar-refractivity contribution >= 4 is 40.3 Å². The van der Waals surface area contributed by atoms with Gasteiger partial charge in [0.1, 0.15) is 6.04 Å². The zero-order valence-corrected chi connectivity index (χ0v) is 16.0. The summed E-state index contributed by atoms with van der Waals surface area (Å²) in [6, 6.07) is 7.61. The molecule has 1 aliphatic rings. The molecule has 146 valence electrons. The Morgan fingerprint density at radius 3 is 2.68 bits per heavy atom. The highest BCUT2D eigenvalue weighted by Crippen LogP contribution is 2.23. The number of nitrogens with zero attached hydrogens (tertiary/aromatic N) is 2. The van der Waals surface area contributed by atoms with Crippen molar-refractivity contribution in [2.24, 2.45) is 0 Å². The molecule has 3 rings (SSSR count). The molecular weight excluding hydrogens is 384 g/mol. The third kappa shape index (κ3) is 4.17. The van der Waals surface area contributed by atoms with Crippen molar-refractivity contribution in [1.29, 1.82) is 0 Å². The second-order valence-electron chi connectivity index (χ2n) is 6.08. The highest BCUT2D eigenvalue weighted by atomic mass is 32.1. The molecule has 0 spiro atoms. The number of carbonyl (C=O) groups is 4. The van der Waals surface area contributed by atoms with Crippen molar-refractivity contribution in [3.63, 3.8) is 0 Å². The van der Waals surface area contributed by atoms with Gasteiger partial charge in [0.05, 0.1) is 20.1 Å². The molecule has 1 atom stereocenters. The van der Waals surface area contributed by atoms with Gasteiger partial charge < -0.3 is 15.4 Å². The molecule has 28 heavy (non-hydrogen) atoms. The van der Waals surface area contributed by atoms with E-state index in [9.17, 15) is 19.2 Å². The highest BCUT2D eigenvalue weighted by Gasteiger charge is 2.39. The second-order valence-corrected chi connectivity index (χ2v) is 7.28. The minimum absolute atomic E-state index is 0.127. The van der Waals surface area contributed by atoms with Gasteiger partial charge in [0, 0.05) is 4.88 Å². The normalized spacial score (nSPS) is 16.1. The highest BCUT2D eigenvalue weighted by molar-refractivity contribution is 7.16. The minimum Gasteiger partial charge on any atom is -0.464 e. The first kappa shape index (κ1) is 19.5. The maximum Gasteiger partial charge on any atom is 0.357 e. The number of aromatic nitrogens is 1. The number of aryl methyl sites for hydroxylation is 1. The largest absolute Gasteiger partial charge is 0.464 e. The number of hydrogen-bond acceptors (Lipinski definition) is 7. The van der Waals surface area contributed by atoms with E-state index >= 15 is 0 Å². The predicted octanol–water partition coefficient (Wildman–Crippen LogP) is 1.69. The molecule has 0 aliphatic carbocycles. The Labute approximate surface area is 164 Å². The minimum atomic E-state index is -0.947. The van der Waals surface area contributed by atoms with Crippen LogP contribution in [0, 0.1) is 6.92 Å². The zero-order valence-electron chi connectivity index (χ0n) is 15.2. The average Bonchev–Trinajstić information content (AvgIpc) is 3.16. The number of benzene rings is 1. The van der Waals surface area contributed by atoms with Crippen molar-refractivity contribution in [2.75, 3.05) is 12.4 Å². The lowest BCUT2D eigenvalue weighted by atomic mass is 10.2. The summed E-state index contributed by atoms with van der Waals surface area (Å²) in [4.78, 5) is 54.1. The lowest BCUT2D eigenvalue weighted by molar-refractivity contribution is -0.130. The summed E-state index contributed by atoms with van der Waals surface area (Å²) < 4.78 is 4.62. The van der Waals surface area contributed by atoms with Crippen LogP contribution in [0.1, 0.15) is 27.3 Å². The van der Waals surface area contributed by atoms with Crippen molar-refractivity contribution in [2.45, 2.75) is 25.9 Å². The maximum absolute atomic E-state index is 12.5. The van der Waals surface area contributed by atoms with Crippen LogP contribution in [0.2, 0.25) is 0 Å². The number of hydrogen-bond donors (Lipinski definition) is 2. The summed E-state index contributed by atoms with van der Waals surface area (Å²) in [6.45, 7) is 1.82. The van der Waals surface area contributed by atoms with E-state index in [0.29, 0.717) is 4.88 Å². The van der Waals surface area contributed by atoms with Gasteiger partial charge in [-0.1, -0.05) is 30.3 Å². The van der Waals surface area contributed by atoms with Gasteiger partial charge in [-0.05, 0) is 12.5 Å². The number of esters is 1. The van der Waals surface area contributed by atoms with E-state index in [2.05, 4.69) is 20.4 Å².